The first-order chi connectivity index (χ1) is 15.2. The van der Waals surface area contributed by atoms with Crippen molar-refractivity contribution in [2.75, 3.05) is 0 Å². The van der Waals surface area contributed by atoms with Crippen LogP contribution in [-0.2, 0) is 11.3 Å². The normalized spacial score (nSPS) is 11.2. The number of carbonyl (C=O) groups is 2. The van der Waals surface area contributed by atoms with E-state index in [9.17, 15) is 9.59 Å². The molecule has 0 fully saturated rings. The van der Waals surface area contributed by atoms with Gasteiger partial charge in [0.05, 0.1) is 0 Å². The van der Waals surface area contributed by atoms with Gasteiger partial charge in [0.1, 0.15) is 5.70 Å². The second kappa shape index (κ2) is 9.55. The minimum atomic E-state index is -0.346. The number of amides is 2. The molecule has 4 nitrogen and oxygen atoms in total. The third-order valence-corrected chi connectivity index (χ3v) is 4.93. The zero-order chi connectivity index (χ0) is 21.5. The van der Waals surface area contributed by atoms with Gasteiger partial charge in [-0.1, -0.05) is 97.1 Å². The molecule has 0 unspecified atom stereocenters. The predicted molar refractivity (Wildman–Crippen MR) is 124 cm³/mol. The van der Waals surface area contributed by atoms with Crippen LogP contribution >= 0.6 is 0 Å². The van der Waals surface area contributed by atoms with Crippen molar-refractivity contribution in [3.05, 3.63) is 126 Å². The Kier molecular flexibility index (Phi) is 6.19. The second-order valence-electron chi connectivity index (χ2n) is 7.12. The first kappa shape index (κ1) is 20.1. The lowest BCUT2D eigenvalue weighted by Gasteiger charge is -2.12. The average Bonchev–Trinajstić information content (AvgIpc) is 2.83. The molecule has 2 amide bonds. The average molecular weight is 406 g/mol. The minimum Gasteiger partial charge on any atom is -0.347 e. The van der Waals surface area contributed by atoms with Gasteiger partial charge in [0.2, 0.25) is 0 Å². The fraction of sp³-hybridized carbons (Fsp3) is 0.0370. The molecule has 0 saturated heterocycles. The van der Waals surface area contributed by atoms with Crippen molar-refractivity contribution in [1.82, 2.24) is 10.6 Å². The van der Waals surface area contributed by atoms with Gasteiger partial charge in [0.25, 0.3) is 11.8 Å². The van der Waals surface area contributed by atoms with Crippen LogP contribution in [-0.4, -0.2) is 11.8 Å². The summed E-state index contributed by atoms with van der Waals surface area (Å²) in [7, 11) is 0. The van der Waals surface area contributed by atoms with Gasteiger partial charge in [-0.25, -0.2) is 0 Å². The topological polar surface area (TPSA) is 58.2 Å². The molecule has 152 valence electrons. The van der Waals surface area contributed by atoms with E-state index in [0.717, 1.165) is 21.9 Å². The fourth-order valence-electron chi connectivity index (χ4n) is 3.36. The molecule has 0 aromatic heterocycles. The molecule has 0 saturated carbocycles. The first-order valence-electron chi connectivity index (χ1n) is 10.1. The van der Waals surface area contributed by atoms with Gasteiger partial charge in [-0.2, -0.15) is 0 Å². The maximum atomic E-state index is 13.1. The van der Waals surface area contributed by atoms with E-state index in [1.807, 2.05) is 97.1 Å². The summed E-state index contributed by atoms with van der Waals surface area (Å²) in [5, 5.41) is 7.52. The zero-order valence-corrected chi connectivity index (χ0v) is 16.9. The minimum absolute atomic E-state index is 0.195. The SMILES string of the molecule is O=C(NCc1ccccc1)/C(=C/c1ccccc1)NC(=O)c1cccc2ccccc12. The fourth-order valence-corrected chi connectivity index (χ4v) is 3.36. The highest BCUT2D eigenvalue weighted by atomic mass is 16.2. The third-order valence-electron chi connectivity index (χ3n) is 4.93. The summed E-state index contributed by atoms with van der Waals surface area (Å²) < 4.78 is 0. The predicted octanol–water partition coefficient (Wildman–Crippen LogP) is 4.93. The molecular weight excluding hydrogens is 384 g/mol. The Bertz CT molecular complexity index is 1230. The monoisotopic (exact) mass is 406 g/mol. The van der Waals surface area contributed by atoms with Crippen LogP contribution in [0.2, 0.25) is 0 Å². The molecule has 31 heavy (non-hydrogen) atoms. The van der Waals surface area contributed by atoms with Crippen molar-refractivity contribution in [3.8, 4) is 0 Å². The lowest BCUT2D eigenvalue weighted by molar-refractivity contribution is -0.117. The summed E-state index contributed by atoms with van der Waals surface area (Å²) in [6.07, 6.45) is 1.68. The van der Waals surface area contributed by atoms with Crippen molar-refractivity contribution < 1.29 is 9.59 Å². The van der Waals surface area contributed by atoms with Crippen LogP contribution in [0, 0.1) is 0 Å². The zero-order valence-electron chi connectivity index (χ0n) is 16.9. The molecule has 4 rings (SSSR count). The lowest BCUT2D eigenvalue weighted by atomic mass is 10.0. The number of carbonyl (C=O) groups excluding carboxylic acids is 2. The quantitative estimate of drug-likeness (QED) is 0.446. The van der Waals surface area contributed by atoms with Crippen molar-refractivity contribution in [3.63, 3.8) is 0 Å². The van der Waals surface area contributed by atoms with E-state index in [-0.39, 0.29) is 17.5 Å². The van der Waals surface area contributed by atoms with Crippen molar-refractivity contribution >= 4 is 28.7 Å². The molecule has 4 heteroatoms. The molecular formula is C27H22N2O2. The Morgan fingerprint density at radius 1 is 0.710 bits per heavy atom. The van der Waals surface area contributed by atoms with E-state index in [0.29, 0.717) is 12.1 Å². The number of rotatable bonds is 6. The van der Waals surface area contributed by atoms with Crippen LogP contribution < -0.4 is 10.6 Å². The van der Waals surface area contributed by atoms with Crippen molar-refractivity contribution in [2.24, 2.45) is 0 Å². The Hall–Kier alpha value is -4.18. The molecule has 4 aromatic rings. The Labute approximate surface area is 181 Å². The lowest BCUT2D eigenvalue weighted by Crippen LogP contribution is -2.34. The van der Waals surface area contributed by atoms with Gasteiger partial charge in [0.15, 0.2) is 0 Å². The van der Waals surface area contributed by atoms with E-state index >= 15 is 0 Å². The second-order valence-corrected chi connectivity index (χ2v) is 7.12. The molecule has 0 spiro atoms. The van der Waals surface area contributed by atoms with Crippen LogP contribution in [0.4, 0.5) is 0 Å². The summed E-state index contributed by atoms with van der Waals surface area (Å²) in [5.41, 5.74) is 2.52. The Morgan fingerprint density at radius 3 is 2.13 bits per heavy atom. The molecule has 4 aromatic carbocycles. The number of nitrogens with one attached hydrogen (secondary N) is 2. The molecule has 2 N–H and O–H groups in total. The highest BCUT2D eigenvalue weighted by Crippen LogP contribution is 2.19. The molecule has 0 aliphatic heterocycles. The van der Waals surface area contributed by atoms with E-state index < -0.39 is 0 Å². The van der Waals surface area contributed by atoms with E-state index in [1.54, 1.807) is 12.1 Å². The van der Waals surface area contributed by atoms with Gasteiger partial charge in [-0.15, -0.1) is 0 Å². The maximum Gasteiger partial charge on any atom is 0.268 e. The van der Waals surface area contributed by atoms with Gasteiger partial charge in [-0.05, 0) is 34.0 Å². The summed E-state index contributed by atoms with van der Waals surface area (Å²) in [6.45, 7) is 0.371. The number of hydrogen-bond acceptors (Lipinski definition) is 2. The van der Waals surface area contributed by atoms with Crippen LogP contribution in [0.5, 0.6) is 0 Å². The van der Waals surface area contributed by atoms with E-state index in [2.05, 4.69) is 10.6 Å². The molecule has 0 aliphatic carbocycles. The molecule has 0 atom stereocenters. The largest absolute Gasteiger partial charge is 0.347 e. The molecule has 0 heterocycles. The Morgan fingerprint density at radius 2 is 1.35 bits per heavy atom. The van der Waals surface area contributed by atoms with Gasteiger partial charge in [-0.3, -0.25) is 9.59 Å². The van der Waals surface area contributed by atoms with E-state index in [1.165, 1.54) is 0 Å². The smallest absolute Gasteiger partial charge is 0.268 e. The summed E-state index contributed by atoms with van der Waals surface area (Å²) in [6, 6.07) is 32.3. The molecule has 0 bridgehead atoms. The number of benzene rings is 4. The van der Waals surface area contributed by atoms with E-state index in [4.69, 9.17) is 0 Å². The summed E-state index contributed by atoms with van der Waals surface area (Å²) >= 11 is 0. The van der Waals surface area contributed by atoms with Crippen molar-refractivity contribution in [1.29, 1.82) is 0 Å². The molecule has 0 radical (unpaired) electrons. The molecule has 0 aliphatic rings. The van der Waals surface area contributed by atoms with Gasteiger partial charge >= 0.3 is 0 Å². The van der Waals surface area contributed by atoms with Crippen LogP contribution in [0.1, 0.15) is 21.5 Å². The number of fused-ring (bicyclic) bond motifs is 1. The standard InChI is InChI=1S/C27H22N2O2/c30-26(24-17-9-15-22-14-7-8-16-23(22)24)29-25(18-20-10-3-1-4-11-20)27(31)28-19-21-12-5-2-6-13-21/h1-18H,19H2,(H,28,31)(H,29,30)/b25-18-. The number of hydrogen-bond donors (Lipinski definition) is 2. The Balaban J connectivity index is 1.60. The highest BCUT2D eigenvalue weighted by Gasteiger charge is 2.16. The first-order valence-corrected chi connectivity index (χ1v) is 10.1. The third kappa shape index (κ3) is 5.06. The van der Waals surface area contributed by atoms with Crippen LogP contribution in [0.25, 0.3) is 16.8 Å². The highest BCUT2D eigenvalue weighted by molar-refractivity contribution is 6.11. The van der Waals surface area contributed by atoms with Gasteiger partial charge in [0, 0.05) is 12.1 Å². The van der Waals surface area contributed by atoms with Crippen LogP contribution in [0.3, 0.4) is 0 Å². The van der Waals surface area contributed by atoms with Crippen LogP contribution in [0.15, 0.2) is 109 Å². The van der Waals surface area contributed by atoms with Crippen molar-refractivity contribution in [2.45, 2.75) is 6.54 Å². The summed E-state index contributed by atoms with van der Waals surface area (Å²) in [5.74, 6) is -0.671. The summed E-state index contributed by atoms with van der Waals surface area (Å²) in [4.78, 5) is 26.1. The maximum absolute atomic E-state index is 13.1. The van der Waals surface area contributed by atoms with Gasteiger partial charge < -0.3 is 10.6 Å².